The smallest absolute Gasteiger partial charge is 0.492 e. The van der Waals surface area contributed by atoms with E-state index in [4.69, 9.17) is 0 Å². The van der Waals surface area contributed by atoms with Gasteiger partial charge in [0, 0.05) is 0 Å². The van der Waals surface area contributed by atoms with E-state index in [9.17, 15) is 27.3 Å². The maximum atomic E-state index is 12.3. The van der Waals surface area contributed by atoms with Crippen molar-refractivity contribution in [3.05, 3.63) is 42.5 Å². The summed E-state index contributed by atoms with van der Waals surface area (Å²) in [7, 11) is -11.8. The Morgan fingerprint density at radius 3 is 1.88 bits per heavy atom. The van der Waals surface area contributed by atoms with E-state index in [0.29, 0.717) is 5.39 Å². The highest BCUT2D eigenvalue weighted by Crippen LogP contribution is 2.30. The molecule has 0 heterocycles. The molecule has 0 spiro atoms. The molecule has 0 bridgehead atoms. The Morgan fingerprint density at radius 2 is 1.42 bits per heavy atom. The molecule has 2 unspecified atom stereocenters. The van der Waals surface area contributed by atoms with Crippen molar-refractivity contribution in [2.45, 2.75) is 37.2 Å². The van der Waals surface area contributed by atoms with Crippen LogP contribution in [0.3, 0.4) is 0 Å². The van der Waals surface area contributed by atoms with Crippen LogP contribution in [0, 0.1) is 0 Å². The van der Waals surface area contributed by atoms with Gasteiger partial charge in [-0.1, -0.05) is 66.1 Å². The molecule has 142 valence electrons. The quantitative estimate of drug-likeness (QED) is 0.493. The Kier molecular flexibility index (Phi) is 9.39. The Labute approximate surface area is 153 Å². The molecule has 0 radical (unpaired) electrons. The van der Waals surface area contributed by atoms with Gasteiger partial charge in [0.2, 0.25) is 9.84 Å². The number of rotatable bonds is 7. The number of sulfone groups is 1. The third kappa shape index (κ3) is 6.78. The first-order valence-electron chi connectivity index (χ1n) is 7.57. The summed E-state index contributed by atoms with van der Waals surface area (Å²) in [5.41, 5.74) is -2.49. The van der Waals surface area contributed by atoms with Gasteiger partial charge < -0.3 is 9.79 Å². The molecule has 2 aromatic rings. The van der Waals surface area contributed by atoms with Crippen LogP contribution in [0.1, 0.15) is 26.7 Å². The maximum Gasteiger partial charge on any atom is 0.492 e. The van der Waals surface area contributed by atoms with Gasteiger partial charge in [-0.3, -0.25) is 0 Å². The number of hydrogen-bond donors (Lipinski definition) is 0. The van der Waals surface area contributed by atoms with Gasteiger partial charge in [-0.25, -0.2) is 8.42 Å². The van der Waals surface area contributed by atoms with E-state index < -0.39 is 32.0 Å². The normalized spacial score (nSPS) is 13.5. The van der Waals surface area contributed by atoms with E-state index in [1.165, 1.54) is 31.0 Å². The predicted molar refractivity (Wildman–Crippen MR) is 92.9 cm³/mol. The third-order valence-corrected chi connectivity index (χ3v) is 5.77. The van der Waals surface area contributed by atoms with E-state index in [0.717, 1.165) is 5.39 Å². The summed E-state index contributed by atoms with van der Waals surface area (Å²) < 4.78 is 53.7. The van der Waals surface area contributed by atoms with Gasteiger partial charge in [-0.2, -0.15) is 0 Å². The highest BCUT2D eigenvalue weighted by atomic mass is 32.2. The zero-order valence-corrected chi connectivity index (χ0v) is 16.7. The average Bonchev–Trinajstić information content (AvgIpc) is 2.60. The van der Waals surface area contributed by atoms with Crippen LogP contribution in [-0.2, 0) is 28.0 Å². The molecule has 2 atom stereocenters. The number of unbranched alkanes of at least 4 members (excludes halogenated alkanes) is 1. The average molecular weight is 420 g/mol. The van der Waals surface area contributed by atoms with E-state index in [-0.39, 0.29) is 4.90 Å². The molecular weight excluding hydrogens is 402 g/mol. The standard InChI is InChI=1S/C11H8O8P2S.C4H10/c12-20(13)18-11(19-21(14)15)22(16,17)10-6-5-8-3-1-2-4-9(8)7-10;1-3-4-2/h1-7,11H;3-4H2,1-2H3. The van der Waals surface area contributed by atoms with Crippen LogP contribution in [-0.4, -0.2) is 14.0 Å². The van der Waals surface area contributed by atoms with Crippen molar-refractivity contribution in [1.29, 1.82) is 0 Å². The lowest BCUT2D eigenvalue weighted by Crippen LogP contribution is -2.25. The summed E-state index contributed by atoms with van der Waals surface area (Å²) in [6.45, 7) is 4.36. The molecule has 0 fully saturated rings. The first-order chi connectivity index (χ1) is 12.2. The van der Waals surface area contributed by atoms with E-state index >= 15 is 0 Å². The van der Waals surface area contributed by atoms with Crippen LogP contribution in [0.5, 0.6) is 0 Å². The molecule has 0 aliphatic carbocycles. The molecule has 11 heteroatoms. The first kappa shape index (κ1) is 22.7. The van der Waals surface area contributed by atoms with Crippen molar-refractivity contribution in [2.75, 3.05) is 0 Å². The van der Waals surface area contributed by atoms with Gasteiger partial charge in [0.1, 0.15) is 0 Å². The van der Waals surface area contributed by atoms with Crippen LogP contribution < -0.4 is 9.79 Å². The van der Waals surface area contributed by atoms with Gasteiger partial charge >= 0.3 is 22.1 Å². The minimum Gasteiger partial charge on any atom is -0.566 e. The zero-order chi connectivity index (χ0) is 19.7. The number of benzene rings is 2. The summed E-state index contributed by atoms with van der Waals surface area (Å²) in [6, 6.07) is 10.8. The van der Waals surface area contributed by atoms with Crippen LogP contribution in [0.15, 0.2) is 47.4 Å². The number of fused-ring (bicyclic) bond motifs is 1. The minimum absolute atomic E-state index is 0.329. The van der Waals surface area contributed by atoms with E-state index in [2.05, 4.69) is 22.9 Å². The van der Waals surface area contributed by atoms with E-state index in [1.807, 2.05) is 0 Å². The lowest BCUT2D eigenvalue weighted by Gasteiger charge is -2.09. The van der Waals surface area contributed by atoms with Crippen molar-refractivity contribution < 1.29 is 36.4 Å². The first-order valence-corrected chi connectivity index (χ1v) is 11.3. The molecule has 0 N–H and O–H groups in total. The molecule has 0 aliphatic heterocycles. The van der Waals surface area contributed by atoms with Crippen LogP contribution in [0.25, 0.3) is 10.8 Å². The minimum atomic E-state index is -4.49. The maximum absolute atomic E-state index is 12.3. The molecule has 0 aliphatic rings. The highest BCUT2D eigenvalue weighted by Gasteiger charge is 2.39. The van der Waals surface area contributed by atoms with Crippen LogP contribution in [0.4, 0.5) is 0 Å². The molecule has 0 saturated heterocycles. The zero-order valence-electron chi connectivity index (χ0n) is 14.1. The van der Waals surface area contributed by atoms with Crippen molar-refractivity contribution in [3.8, 4) is 0 Å². The Bertz CT molecular complexity index is 851. The summed E-state index contributed by atoms with van der Waals surface area (Å²) >= 11 is 0. The van der Waals surface area contributed by atoms with Crippen molar-refractivity contribution >= 4 is 37.1 Å². The lowest BCUT2D eigenvalue weighted by atomic mass is 10.1. The summed E-state index contributed by atoms with van der Waals surface area (Å²) in [5, 5.41) is 1.32. The second-order valence-electron chi connectivity index (χ2n) is 5.00. The van der Waals surface area contributed by atoms with Gasteiger partial charge in [-0.05, 0) is 32.0 Å². The van der Waals surface area contributed by atoms with Gasteiger partial charge in [0.25, 0.3) is 0 Å². The predicted octanol–water partition coefficient (Wildman–Crippen LogP) is 2.77. The monoisotopic (exact) mass is 420 g/mol. The van der Waals surface area contributed by atoms with Crippen LogP contribution in [0.2, 0.25) is 0 Å². The molecule has 2 aromatic carbocycles. The van der Waals surface area contributed by atoms with Crippen molar-refractivity contribution in [3.63, 3.8) is 0 Å². The number of hydrogen-bond acceptors (Lipinski definition) is 8. The molecule has 8 nitrogen and oxygen atoms in total. The second kappa shape index (κ2) is 10.7. The Hall–Kier alpha value is -1.31. The van der Waals surface area contributed by atoms with Gasteiger partial charge in [-0.15, -0.1) is 0 Å². The van der Waals surface area contributed by atoms with Gasteiger partial charge in [0.15, 0.2) is 0 Å². The molecule has 26 heavy (non-hydrogen) atoms. The fourth-order valence-corrected chi connectivity index (χ4v) is 4.26. The molecule has 0 aromatic heterocycles. The van der Waals surface area contributed by atoms with Crippen molar-refractivity contribution in [1.82, 2.24) is 0 Å². The largest absolute Gasteiger partial charge is 0.566 e. The summed E-state index contributed by atoms with van der Waals surface area (Å²) in [4.78, 5) is 20.8. The third-order valence-electron chi connectivity index (χ3n) is 3.15. The summed E-state index contributed by atoms with van der Waals surface area (Å²) in [6.07, 6.45) is 2.64. The lowest BCUT2D eigenvalue weighted by molar-refractivity contribution is -0.206. The van der Waals surface area contributed by atoms with E-state index in [1.54, 1.807) is 24.3 Å². The topological polar surface area (TPSA) is 133 Å². The Balaban J connectivity index is 0.000000765. The fourth-order valence-electron chi connectivity index (χ4n) is 1.73. The highest BCUT2D eigenvalue weighted by molar-refractivity contribution is 7.92. The summed E-state index contributed by atoms with van der Waals surface area (Å²) in [5.74, 6) is 0. The molecule has 0 amide bonds. The second-order valence-corrected chi connectivity index (χ2v) is 8.26. The molecule has 0 saturated carbocycles. The molecule has 2 rings (SSSR count). The van der Waals surface area contributed by atoms with Crippen LogP contribution >= 0.6 is 16.5 Å². The molecular formula is C15H18O8P2S. The fraction of sp³-hybridized carbons (Fsp3) is 0.333. The van der Waals surface area contributed by atoms with Crippen molar-refractivity contribution in [2.24, 2.45) is 0 Å². The van der Waals surface area contributed by atoms with Gasteiger partial charge in [0.05, 0.1) is 4.90 Å². The Morgan fingerprint density at radius 1 is 0.923 bits per heavy atom. The SMILES string of the molecule is CCCC.O=[P+]([O-])OC(O[P+](=O)[O-])S(=O)(=O)c1ccc2ccccc2c1.